The maximum Gasteiger partial charge on any atom is 0.251 e. The Labute approximate surface area is 111 Å². The number of nitrogens with two attached hydrogens (primary N) is 1. The number of hydrogen-bond donors (Lipinski definition) is 2. The first-order valence-corrected chi connectivity index (χ1v) is 6.03. The van der Waals surface area contributed by atoms with Gasteiger partial charge in [0.15, 0.2) is 0 Å². The predicted molar refractivity (Wildman–Crippen MR) is 74.5 cm³/mol. The highest BCUT2D eigenvalue weighted by atomic mass is 35.5. The van der Waals surface area contributed by atoms with Crippen molar-refractivity contribution in [2.24, 2.45) is 5.73 Å². The molecular weight excluding hydrogens is 256 g/mol. The number of thiocarbonyl (C=S) groups is 1. The van der Waals surface area contributed by atoms with Gasteiger partial charge in [0.2, 0.25) is 0 Å². The lowest BCUT2D eigenvalue weighted by Gasteiger charge is -2.13. The number of nitrogens with one attached hydrogen (secondary N) is 1. The Kier molecular flexibility index (Phi) is 4.90. The molecule has 0 heterocycles. The number of hydrogen-bond acceptors (Lipinski definition) is 2. The van der Waals surface area contributed by atoms with Crippen LogP contribution in [0.5, 0.6) is 0 Å². The third kappa shape index (κ3) is 4.71. The van der Waals surface area contributed by atoms with E-state index < -0.39 is 0 Å². The van der Waals surface area contributed by atoms with E-state index in [-0.39, 0.29) is 11.9 Å². The maximum atomic E-state index is 11.9. The fourth-order valence-electron chi connectivity index (χ4n) is 1.53. The van der Waals surface area contributed by atoms with Crippen molar-refractivity contribution in [2.75, 3.05) is 0 Å². The van der Waals surface area contributed by atoms with Crippen molar-refractivity contribution < 1.29 is 4.79 Å². The second-order valence-corrected chi connectivity index (χ2v) is 5.02. The van der Waals surface area contributed by atoms with Gasteiger partial charge in [-0.2, -0.15) is 0 Å². The zero-order chi connectivity index (χ0) is 13.0. The van der Waals surface area contributed by atoms with Crippen LogP contribution in [0.3, 0.4) is 0 Å². The summed E-state index contributed by atoms with van der Waals surface area (Å²) >= 11 is 10.7. The lowest BCUT2D eigenvalue weighted by atomic mass is 10.1. The molecule has 92 valence electrons. The van der Waals surface area contributed by atoms with Crippen LogP contribution in [-0.4, -0.2) is 16.9 Å². The molecule has 3 N–H and O–H groups in total. The summed E-state index contributed by atoms with van der Waals surface area (Å²) in [5, 5.41) is 3.37. The minimum atomic E-state index is -0.167. The Morgan fingerprint density at radius 1 is 1.53 bits per heavy atom. The van der Waals surface area contributed by atoms with Crippen molar-refractivity contribution in [3.05, 3.63) is 34.3 Å². The molecule has 0 saturated carbocycles. The number of carbonyl (C=O) groups excluding carboxylic acids is 1. The maximum absolute atomic E-state index is 11.9. The van der Waals surface area contributed by atoms with Gasteiger partial charge in [-0.25, -0.2) is 0 Å². The van der Waals surface area contributed by atoms with Gasteiger partial charge < -0.3 is 11.1 Å². The molecule has 1 aromatic carbocycles. The number of rotatable bonds is 4. The van der Waals surface area contributed by atoms with Crippen LogP contribution < -0.4 is 11.1 Å². The molecule has 1 aromatic rings. The Balaban J connectivity index is 2.72. The van der Waals surface area contributed by atoms with E-state index >= 15 is 0 Å². The molecular formula is C12H15ClN2OS. The number of halogens is 1. The van der Waals surface area contributed by atoms with Crippen molar-refractivity contribution in [1.29, 1.82) is 0 Å². The van der Waals surface area contributed by atoms with Gasteiger partial charge in [0.25, 0.3) is 5.91 Å². The molecule has 0 spiro atoms. The van der Waals surface area contributed by atoms with Crippen molar-refractivity contribution in [1.82, 2.24) is 5.32 Å². The zero-order valence-electron chi connectivity index (χ0n) is 9.79. The van der Waals surface area contributed by atoms with Crippen molar-refractivity contribution in [3.8, 4) is 0 Å². The summed E-state index contributed by atoms with van der Waals surface area (Å²) in [5.74, 6) is -0.167. The third-order valence-corrected chi connectivity index (χ3v) is 2.57. The van der Waals surface area contributed by atoms with Gasteiger partial charge in [-0.3, -0.25) is 4.79 Å². The third-order valence-electron chi connectivity index (χ3n) is 2.19. The molecule has 17 heavy (non-hydrogen) atoms. The molecule has 1 atom stereocenters. The van der Waals surface area contributed by atoms with Crippen molar-refractivity contribution in [2.45, 2.75) is 26.3 Å². The molecule has 5 heteroatoms. The highest BCUT2D eigenvalue weighted by Gasteiger charge is 2.11. The average molecular weight is 271 g/mol. The van der Waals surface area contributed by atoms with Gasteiger partial charge in [-0.1, -0.05) is 23.8 Å². The standard InChI is InChI=1S/C12H15ClN2OS/c1-7-3-9(6-10(13)4-7)12(16)15-8(2)5-11(14)17/h3-4,6,8H,5H2,1-2H3,(H2,14,17)(H,15,16). The van der Waals surface area contributed by atoms with E-state index in [9.17, 15) is 4.79 Å². The molecule has 3 nitrogen and oxygen atoms in total. The highest BCUT2D eigenvalue weighted by Crippen LogP contribution is 2.14. The molecule has 0 saturated heterocycles. The molecule has 0 aliphatic heterocycles. The molecule has 0 aliphatic carbocycles. The monoisotopic (exact) mass is 270 g/mol. The van der Waals surface area contributed by atoms with E-state index in [4.69, 9.17) is 29.6 Å². The minimum Gasteiger partial charge on any atom is -0.393 e. The van der Waals surface area contributed by atoms with E-state index in [1.807, 2.05) is 13.8 Å². The molecule has 0 radical (unpaired) electrons. The van der Waals surface area contributed by atoms with Gasteiger partial charge in [-0.15, -0.1) is 0 Å². The van der Waals surface area contributed by atoms with Crippen molar-refractivity contribution >= 4 is 34.7 Å². The normalized spacial score (nSPS) is 11.9. The van der Waals surface area contributed by atoms with Crippen LogP contribution in [0.1, 0.15) is 29.3 Å². The van der Waals surface area contributed by atoms with Crippen LogP contribution in [0.15, 0.2) is 18.2 Å². The van der Waals surface area contributed by atoms with Crippen molar-refractivity contribution in [3.63, 3.8) is 0 Å². The molecule has 1 rings (SSSR count). The average Bonchev–Trinajstić information content (AvgIpc) is 2.14. The van der Waals surface area contributed by atoms with E-state index in [0.29, 0.717) is 22.0 Å². The number of aryl methyl sites for hydroxylation is 1. The second kappa shape index (κ2) is 5.98. The lowest BCUT2D eigenvalue weighted by Crippen LogP contribution is -2.35. The Bertz CT molecular complexity index is 428. The number of carbonyl (C=O) groups is 1. The van der Waals surface area contributed by atoms with Crippen LogP contribution in [0, 0.1) is 6.92 Å². The van der Waals surface area contributed by atoms with E-state index in [2.05, 4.69) is 5.32 Å². The summed E-state index contributed by atoms with van der Waals surface area (Å²) in [6, 6.07) is 5.14. The van der Waals surface area contributed by atoms with Gasteiger partial charge in [0, 0.05) is 23.0 Å². The molecule has 0 aliphatic rings. The largest absolute Gasteiger partial charge is 0.393 e. The fourth-order valence-corrected chi connectivity index (χ4v) is 2.07. The lowest BCUT2D eigenvalue weighted by molar-refractivity contribution is 0.0941. The fraction of sp³-hybridized carbons (Fsp3) is 0.333. The van der Waals surface area contributed by atoms with E-state index in [1.54, 1.807) is 18.2 Å². The van der Waals surface area contributed by atoms with Crippen LogP contribution in [-0.2, 0) is 0 Å². The minimum absolute atomic E-state index is 0.0840. The van der Waals surface area contributed by atoms with Gasteiger partial charge >= 0.3 is 0 Å². The van der Waals surface area contributed by atoms with Crippen LogP contribution in [0.4, 0.5) is 0 Å². The molecule has 0 bridgehead atoms. The number of amides is 1. The first kappa shape index (κ1) is 13.9. The zero-order valence-corrected chi connectivity index (χ0v) is 11.4. The first-order valence-electron chi connectivity index (χ1n) is 5.25. The first-order chi connectivity index (χ1) is 7.88. The summed E-state index contributed by atoms with van der Waals surface area (Å²) in [5.41, 5.74) is 6.91. The highest BCUT2D eigenvalue weighted by molar-refractivity contribution is 7.80. The quantitative estimate of drug-likeness (QED) is 0.827. The van der Waals surface area contributed by atoms with Gasteiger partial charge in [0.05, 0.1) is 4.99 Å². The summed E-state index contributed by atoms with van der Waals surface area (Å²) in [6.45, 7) is 3.75. The summed E-state index contributed by atoms with van der Waals surface area (Å²) < 4.78 is 0. The SMILES string of the molecule is Cc1cc(Cl)cc(C(=O)NC(C)CC(N)=S)c1. The van der Waals surface area contributed by atoms with E-state index in [1.165, 1.54) is 0 Å². The Morgan fingerprint density at radius 3 is 2.71 bits per heavy atom. The summed E-state index contributed by atoms with van der Waals surface area (Å²) in [4.78, 5) is 12.3. The Hall–Kier alpha value is -1.13. The molecule has 0 fully saturated rings. The van der Waals surface area contributed by atoms with Crippen LogP contribution in [0.25, 0.3) is 0 Å². The van der Waals surface area contributed by atoms with Crippen LogP contribution in [0.2, 0.25) is 5.02 Å². The summed E-state index contributed by atoms with van der Waals surface area (Å²) in [7, 11) is 0. The molecule has 1 unspecified atom stereocenters. The smallest absolute Gasteiger partial charge is 0.251 e. The van der Waals surface area contributed by atoms with Gasteiger partial charge in [-0.05, 0) is 37.6 Å². The van der Waals surface area contributed by atoms with E-state index in [0.717, 1.165) is 5.56 Å². The van der Waals surface area contributed by atoms with Crippen LogP contribution >= 0.6 is 23.8 Å². The predicted octanol–water partition coefficient (Wildman–Crippen LogP) is 2.44. The topological polar surface area (TPSA) is 55.1 Å². The molecule has 1 amide bonds. The second-order valence-electron chi connectivity index (χ2n) is 4.06. The van der Waals surface area contributed by atoms with Gasteiger partial charge in [0.1, 0.15) is 0 Å². The summed E-state index contributed by atoms with van der Waals surface area (Å²) in [6.07, 6.45) is 0.487. The Morgan fingerprint density at radius 2 is 2.18 bits per heavy atom. The number of benzene rings is 1. The molecule has 0 aromatic heterocycles.